The van der Waals surface area contributed by atoms with Crippen molar-refractivity contribution in [2.45, 2.75) is 19.9 Å². The van der Waals surface area contributed by atoms with Crippen LogP contribution in [0.4, 0.5) is 0 Å². The van der Waals surface area contributed by atoms with E-state index in [0.717, 1.165) is 18.2 Å². The predicted octanol–water partition coefficient (Wildman–Crippen LogP) is 2.54. The molecule has 2 rings (SSSR count). The molecular weight excluding hydrogens is 186 g/mol. The minimum Gasteiger partial charge on any atom is -0.496 e. The van der Waals surface area contributed by atoms with Crippen LogP contribution in [0, 0.1) is 5.92 Å². The molecule has 0 saturated carbocycles. The molecule has 0 bridgehead atoms. The second-order valence-corrected chi connectivity index (χ2v) is 4.44. The summed E-state index contributed by atoms with van der Waals surface area (Å²) in [4.78, 5) is 2.50. The molecule has 0 aromatic heterocycles. The van der Waals surface area contributed by atoms with Crippen LogP contribution >= 0.6 is 0 Å². The predicted molar refractivity (Wildman–Crippen MR) is 62.1 cm³/mol. The molecule has 1 aliphatic heterocycles. The van der Waals surface area contributed by atoms with Gasteiger partial charge >= 0.3 is 0 Å². The zero-order chi connectivity index (χ0) is 10.7. The lowest BCUT2D eigenvalue weighted by molar-refractivity contribution is 0.311. The molecule has 15 heavy (non-hydrogen) atoms. The van der Waals surface area contributed by atoms with Crippen molar-refractivity contribution in [2.24, 2.45) is 5.92 Å². The third-order valence-corrected chi connectivity index (χ3v) is 3.09. The Kier molecular flexibility index (Phi) is 3.27. The Morgan fingerprint density at radius 3 is 2.87 bits per heavy atom. The summed E-state index contributed by atoms with van der Waals surface area (Å²) < 4.78 is 5.36. The Morgan fingerprint density at radius 2 is 2.20 bits per heavy atom. The highest BCUT2D eigenvalue weighted by Crippen LogP contribution is 2.23. The zero-order valence-electron chi connectivity index (χ0n) is 9.57. The summed E-state index contributed by atoms with van der Waals surface area (Å²) in [6, 6.07) is 8.29. The van der Waals surface area contributed by atoms with E-state index < -0.39 is 0 Å². The van der Waals surface area contributed by atoms with Crippen molar-refractivity contribution >= 4 is 0 Å². The lowest BCUT2D eigenvalue weighted by atomic mass is 10.2. The second kappa shape index (κ2) is 4.67. The van der Waals surface area contributed by atoms with Crippen LogP contribution in [0.1, 0.15) is 18.9 Å². The van der Waals surface area contributed by atoms with Gasteiger partial charge in [0.15, 0.2) is 0 Å². The van der Waals surface area contributed by atoms with Crippen LogP contribution in [0.3, 0.4) is 0 Å². The van der Waals surface area contributed by atoms with Gasteiger partial charge in [0.1, 0.15) is 5.75 Å². The average Bonchev–Trinajstić information content (AvgIpc) is 2.65. The molecule has 82 valence electrons. The largest absolute Gasteiger partial charge is 0.496 e. The summed E-state index contributed by atoms with van der Waals surface area (Å²) in [5, 5.41) is 0. The van der Waals surface area contributed by atoms with E-state index in [4.69, 9.17) is 4.74 Å². The standard InChI is InChI=1S/C13H19NO/c1-11-7-8-14(9-11)10-12-5-3-4-6-13(12)15-2/h3-6,11H,7-10H2,1-2H3/t11-/m1/s1. The first-order valence-electron chi connectivity index (χ1n) is 5.64. The van der Waals surface area contributed by atoms with E-state index in [0.29, 0.717) is 0 Å². The van der Waals surface area contributed by atoms with Crippen molar-refractivity contribution in [3.63, 3.8) is 0 Å². The fourth-order valence-electron chi connectivity index (χ4n) is 2.24. The quantitative estimate of drug-likeness (QED) is 0.752. The van der Waals surface area contributed by atoms with E-state index in [9.17, 15) is 0 Å². The lowest BCUT2D eigenvalue weighted by Gasteiger charge is -2.17. The molecule has 2 nitrogen and oxygen atoms in total. The molecule has 0 N–H and O–H groups in total. The molecular formula is C13H19NO. The highest BCUT2D eigenvalue weighted by Gasteiger charge is 2.19. The van der Waals surface area contributed by atoms with Crippen LogP contribution in [0.15, 0.2) is 24.3 Å². The van der Waals surface area contributed by atoms with Gasteiger partial charge < -0.3 is 4.74 Å². The number of benzene rings is 1. The first-order valence-corrected chi connectivity index (χ1v) is 5.64. The Bertz CT molecular complexity index is 324. The van der Waals surface area contributed by atoms with Gasteiger partial charge in [-0.2, -0.15) is 0 Å². The fraction of sp³-hybridized carbons (Fsp3) is 0.538. The Labute approximate surface area is 91.9 Å². The van der Waals surface area contributed by atoms with Gasteiger partial charge in [-0.1, -0.05) is 25.1 Å². The van der Waals surface area contributed by atoms with Crippen molar-refractivity contribution < 1.29 is 4.74 Å². The van der Waals surface area contributed by atoms with Crippen LogP contribution in [-0.4, -0.2) is 25.1 Å². The summed E-state index contributed by atoms with van der Waals surface area (Å²) in [6.45, 7) is 5.79. The van der Waals surface area contributed by atoms with Gasteiger partial charge in [0.25, 0.3) is 0 Å². The van der Waals surface area contributed by atoms with Crippen LogP contribution < -0.4 is 4.74 Å². The van der Waals surface area contributed by atoms with Crippen molar-refractivity contribution in [3.05, 3.63) is 29.8 Å². The van der Waals surface area contributed by atoms with Gasteiger partial charge in [-0.05, 0) is 24.9 Å². The number of para-hydroxylation sites is 1. The molecule has 1 aromatic rings. The van der Waals surface area contributed by atoms with Crippen LogP contribution in [0.25, 0.3) is 0 Å². The molecule has 1 aromatic carbocycles. The second-order valence-electron chi connectivity index (χ2n) is 4.44. The third kappa shape index (κ3) is 2.51. The molecule has 2 heteroatoms. The molecule has 1 saturated heterocycles. The minimum atomic E-state index is 0.847. The molecule has 0 radical (unpaired) electrons. The van der Waals surface area contributed by atoms with Crippen molar-refractivity contribution in [1.82, 2.24) is 4.90 Å². The first-order chi connectivity index (χ1) is 7.29. The Morgan fingerprint density at radius 1 is 1.40 bits per heavy atom. The van der Waals surface area contributed by atoms with Crippen molar-refractivity contribution in [3.8, 4) is 5.75 Å². The molecule has 0 aliphatic carbocycles. The van der Waals surface area contributed by atoms with Gasteiger partial charge in [-0.25, -0.2) is 0 Å². The summed E-state index contributed by atoms with van der Waals surface area (Å²) in [7, 11) is 1.74. The number of hydrogen-bond donors (Lipinski definition) is 0. The third-order valence-electron chi connectivity index (χ3n) is 3.09. The van der Waals surface area contributed by atoms with Crippen LogP contribution in [0.2, 0.25) is 0 Å². The molecule has 0 spiro atoms. The Balaban J connectivity index is 2.04. The first kappa shape index (κ1) is 10.5. The number of methoxy groups -OCH3 is 1. The average molecular weight is 205 g/mol. The summed E-state index contributed by atoms with van der Waals surface area (Å²) in [5.74, 6) is 1.86. The van der Waals surface area contributed by atoms with Crippen molar-refractivity contribution in [2.75, 3.05) is 20.2 Å². The van der Waals surface area contributed by atoms with E-state index in [1.54, 1.807) is 7.11 Å². The smallest absolute Gasteiger partial charge is 0.123 e. The van der Waals surface area contributed by atoms with E-state index in [-0.39, 0.29) is 0 Å². The Hall–Kier alpha value is -1.02. The number of nitrogens with zero attached hydrogens (tertiary/aromatic N) is 1. The SMILES string of the molecule is COc1ccccc1CN1CC[C@@H](C)C1. The van der Waals surface area contributed by atoms with Crippen molar-refractivity contribution in [1.29, 1.82) is 0 Å². The highest BCUT2D eigenvalue weighted by molar-refractivity contribution is 5.33. The number of hydrogen-bond acceptors (Lipinski definition) is 2. The molecule has 1 heterocycles. The van der Waals surface area contributed by atoms with Gasteiger partial charge in [-0.15, -0.1) is 0 Å². The number of ether oxygens (including phenoxy) is 1. The van der Waals surface area contributed by atoms with Crippen LogP contribution in [0.5, 0.6) is 5.75 Å². The topological polar surface area (TPSA) is 12.5 Å². The van der Waals surface area contributed by atoms with Crippen LogP contribution in [-0.2, 0) is 6.54 Å². The monoisotopic (exact) mass is 205 g/mol. The van der Waals surface area contributed by atoms with E-state index >= 15 is 0 Å². The van der Waals surface area contributed by atoms with Gasteiger partial charge in [-0.3, -0.25) is 4.90 Å². The fourth-order valence-corrected chi connectivity index (χ4v) is 2.24. The highest BCUT2D eigenvalue weighted by atomic mass is 16.5. The van der Waals surface area contributed by atoms with E-state index in [2.05, 4.69) is 24.0 Å². The molecule has 1 atom stereocenters. The van der Waals surface area contributed by atoms with Gasteiger partial charge in [0.2, 0.25) is 0 Å². The summed E-state index contributed by atoms with van der Waals surface area (Å²) in [5.41, 5.74) is 1.30. The maximum absolute atomic E-state index is 5.36. The normalized spacial score (nSPS) is 21.9. The maximum atomic E-state index is 5.36. The summed E-state index contributed by atoms with van der Waals surface area (Å²) >= 11 is 0. The van der Waals surface area contributed by atoms with Gasteiger partial charge in [0, 0.05) is 18.7 Å². The molecule has 1 aliphatic rings. The summed E-state index contributed by atoms with van der Waals surface area (Å²) in [6.07, 6.45) is 1.33. The number of likely N-dealkylation sites (tertiary alicyclic amines) is 1. The zero-order valence-corrected chi connectivity index (χ0v) is 9.57. The minimum absolute atomic E-state index is 0.847. The van der Waals surface area contributed by atoms with Gasteiger partial charge in [0.05, 0.1) is 7.11 Å². The van der Waals surface area contributed by atoms with E-state index in [1.165, 1.54) is 25.1 Å². The number of rotatable bonds is 3. The lowest BCUT2D eigenvalue weighted by Crippen LogP contribution is -2.19. The molecule has 0 amide bonds. The molecule has 1 fully saturated rings. The van der Waals surface area contributed by atoms with E-state index in [1.807, 2.05) is 12.1 Å². The maximum Gasteiger partial charge on any atom is 0.123 e. The molecule has 0 unspecified atom stereocenters.